The van der Waals surface area contributed by atoms with Gasteiger partial charge in [-0.2, -0.15) is 0 Å². The Morgan fingerprint density at radius 3 is 3.11 bits per heavy atom. The van der Waals surface area contributed by atoms with Crippen LogP contribution < -0.4 is 10.2 Å². The lowest BCUT2D eigenvalue weighted by molar-refractivity contribution is 0.218. The highest BCUT2D eigenvalue weighted by Gasteiger charge is 2.31. The second kappa shape index (κ2) is 5.02. The van der Waals surface area contributed by atoms with E-state index in [9.17, 15) is 4.39 Å². The molecular formula is C13H17ClFN3. The van der Waals surface area contributed by atoms with Gasteiger partial charge in [0.2, 0.25) is 0 Å². The second-order valence-corrected chi connectivity index (χ2v) is 5.57. The van der Waals surface area contributed by atoms with Crippen LogP contribution in [0.15, 0.2) is 12.3 Å². The minimum absolute atomic E-state index is 0.0458. The first-order valence-electron chi connectivity index (χ1n) is 6.51. The normalized spacial score (nSPS) is 28.0. The summed E-state index contributed by atoms with van der Waals surface area (Å²) in [5.41, 5.74) is 0.855. The molecule has 3 rings (SSSR count). The molecule has 0 unspecified atom stereocenters. The highest BCUT2D eigenvalue weighted by Crippen LogP contribution is 2.31. The van der Waals surface area contributed by atoms with Crippen molar-refractivity contribution in [1.82, 2.24) is 10.3 Å². The summed E-state index contributed by atoms with van der Waals surface area (Å²) >= 11 is 5.62. The van der Waals surface area contributed by atoms with Crippen molar-refractivity contribution in [3.63, 3.8) is 0 Å². The molecule has 0 amide bonds. The number of pyridine rings is 1. The molecule has 1 N–H and O–H groups in total. The van der Waals surface area contributed by atoms with Gasteiger partial charge in [0.15, 0.2) is 11.0 Å². The summed E-state index contributed by atoms with van der Waals surface area (Å²) in [4.78, 5) is 6.13. The number of aromatic nitrogens is 1. The first kappa shape index (κ1) is 12.2. The van der Waals surface area contributed by atoms with Gasteiger partial charge in [-0.15, -0.1) is 0 Å². The molecule has 2 fully saturated rings. The maximum absolute atomic E-state index is 13.4. The molecule has 5 heteroatoms. The van der Waals surface area contributed by atoms with E-state index in [1.807, 2.05) is 0 Å². The first-order valence-corrected chi connectivity index (χ1v) is 6.88. The fraction of sp³-hybridized carbons (Fsp3) is 0.615. The predicted molar refractivity (Wildman–Crippen MR) is 70.5 cm³/mol. The van der Waals surface area contributed by atoms with Crippen molar-refractivity contribution in [3.05, 3.63) is 23.2 Å². The summed E-state index contributed by atoms with van der Waals surface area (Å²) in [5, 5.41) is 3.40. The number of halogens is 2. The van der Waals surface area contributed by atoms with E-state index in [1.54, 1.807) is 6.20 Å². The number of hydrogen-bond acceptors (Lipinski definition) is 3. The third kappa shape index (κ3) is 2.31. The van der Waals surface area contributed by atoms with Gasteiger partial charge >= 0.3 is 0 Å². The summed E-state index contributed by atoms with van der Waals surface area (Å²) in [6.07, 6.45) is 4.05. The van der Waals surface area contributed by atoms with Crippen LogP contribution in [0.2, 0.25) is 5.15 Å². The fourth-order valence-corrected chi connectivity index (χ4v) is 3.17. The number of piperidine rings is 2. The summed E-state index contributed by atoms with van der Waals surface area (Å²) in [6.45, 7) is 4.22. The molecule has 2 aliphatic rings. The average molecular weight is 270 g/mol. The number of hydrogen-bond donors (Lipinski definition) is 1. The number of anilines is 1. The Kier molecular flexibility index (Phi) is 3.39. The monoisotopic (exact) mass is 269 g/mol. The largest absolute Gasteiger partial charge is 0.370 e. The van der Waals surface area contributed by atoms with Gasteiger partial charge in [-0.1, -0.05) is 11.6 Å². The third-order valence-electron chi connectivity index (χ3n) is 4.14. The molecule has 0 spiro atoms. The Morgan fingerprint density at radius 2 is 2.28 bits per heavy atom. The molecule has 0 saturated carbocycles. The van der Waals surface area contributed by atoms with E-state index in [0.717, 1.165) is 43.7 Å². The van der Waals surface area contributed by atoms with E-state index < -0.39 is 5.82 Å². The van der Waals surface area contributed by atoms with Gasteiger partial charge in [-0.05, 0) is 37.8 Å². The van der Waals surface area contributed by atoms with E-state index in [2.05, 4.69) is 15.2 Å². The van der Waals surface area contributed by atoms with Crippen molar-refractivity contribution in [1.29, 1.82) is 0 Å². The first-order chi connectivity index (χ1) is 8.74. The van der Waals surface area contributed by atoms with Crippen molar-refractivity contribution in [2.45, 2.75) is 12.8 Å². The molecule has 1 aromatic rings. The van der Waals surface area contributed by atoms with Gasteiger partial charge < -0.3 is 10.2 Å². The Balaban J connectivity index is 1.75. The lowest BCUT2D eigenvalue weighted by atomic mass is 9.81. The van der Waals surface area contributed by atoms with E-state index >= 15 is 0 Å². The van der Waals surface area contributed by atoms with Gasteiger partial charge in [0, 0.05) is 19.2 Å². The second-order valence-electron chi connectivity index (χ2n) is 5.21. The average Bonchev–Trinajstić information content (AvgIpc) is 2.41. The van der Waals surface area contributed by atoms with Gasteiger partial charge in [-0.25, -0.2) is 9.37 Å². The molecule has 3 nitrogen and oxygen atoms in total. The summed E-state index contributed by atoms with van der Waals surface area (Å²) in [7, 11) is 0. The number of fused-ring (bicyclic) bond motifs is 1. The van der Waals surface area contributed by atoms with Gasteiger partial charge in [-0.3, -0.25) is 0 Å². The summed E-state index contributed by atoms with van der Waals surface area (Å²) in [6, 6.07) is 1.50. The molecule has 0 bridgehead atoms. The lowest BCUT2D eigenvalue weighted by Gasteiger charge is -2.42. The van der Waals surface area contributed by atoms with Crippen molar-refractivity contribution in [3.8, 4) is 0 Å². The van der Waals surface area contributed by atoms with Gasteiger partial charge in [0.05, 0.1) is 11.9 Å². The van der Waals surface area contributed by atoms with E-state index in [0.29, 0.717) is 0 Å². The number of nitrogens with one attached hydrogen (secondary N) is 1. The lowest BCUT2D eigenvalue weighted by Crippen LogP contribution is -2.48. The third-order valence-corrected chi connectivity index (χ3v) is 4.41. The van der Waals surface area contributed by atoms with E-state index in [1.165, 1.54) is 18.9 Å². The smallest absolute Gasteiger partial charge is 0.164 e. The summed E-state index contributed by atoms with van der Waals surface area (Å²) < 4.78 is 13.4. The van der Waals surface area contributed by atoms with Crippen LogP contribution in [-0.4, -0.2) is 31.2 Å². The van der Waals surface area contributed by atoms with Crippen molar-refractivity contribution in [2.24, 2.45) is 11.8 Å². The van der Waals surface area contributed by atoms with Crippen molar-refractivity contribution in [2.75, 3.05) is 31.1 Å². The van der Waals surface area contributed by atoms with Crippen LogP contribution in [0.5, 0.6) is 0 Å². The molecule has 18 heavy (non-hydrogen) atoms. The van der Waals surface area contributed by atoms with Crippen LogP contribution in [0, 0.1) is 17.7 Å². The van der Waals surface area contributed by atoms with Crippen LogP contribution in [0.25, 0.3) is 0 Å². The van der Waals surface area contributed by atoms with Crippen LogP contribution in [0.3, 0.4) is 0 Å². The van der Waals surface area contributed by atoms with Crippen LogP contribution in [0.4, 0.5) is 10.1 Å². The number of rotatable bonds is 1. The van der Waals surface area contributed by atoms with Crippen LogP contribution in [0.1, 0.15) is 12.8 Å². The molecular weight excluding hydrogens is 253 g/mol. The van der Waals surface area contributed by atoms with E-state index in [-0.39, 0.29) is 5.15 Å². The number of nitrogens with zero attached hydrogens (tertiary/aromatic N) is 2. The topological polar surface area (TPSA) is 28.2 Å². The maximum Gasteiger partial charge on any atom is 0.164 e. The molecule has 3 heterocycles. The molecule has 0 aromatic carbocycles. The molecule has 2 saturated heterocycles. The predicted octanol–water partition coefficient (Wildman–Crippen LogP) is 2.31. The van der Waals surface area contributed by atoms with Crippen LogP contribution in [-0.2, 0) is 0 Å². The SMILES string of the molecule is Fc1cc(N2CC[C@@H]3CNCC[C@@H]3C2)cnc1Cl. The zero-order valence-electron chi connectivity index (χ0n) is 10.2. The minimum Gasteiger partial charge on any atom is -0.370 e. The zero-order chi connectivity index (χ0) is 12.5. The Bertz CT molecular complexity index is 440. The minimum atomic E-state index is -0.429. The van der Waals surface area contributed by atoms with Gasteiger partial charge in [0.25, 0.3) is 0 Å². The molecule has 1 aromatic heterocycles. The standard InChI is InChI=1S/C13H17ClFN3/c14-13-12(15)5-11(7-17-13)18-4-2-9-6-16-3-1-10(9)8-18/h5,7,9-10,16H,1-4,6,8H2/t9-,10-/m1/s1. The van der Waals surface area contributed by atoms with Crippen molar-refractivity contribution >= 4 is 17.3 Å². The molecule has 98 valence electrons. The van der Waals surface area contributed by atoms with Crippen LogP contribution >= 0.6 is 11.6 Å². The van der Waals surface area contributed by atoms with Gasteiger partial charge in [0.1, 0.15) is 0 Å². The quantitative estimate of drug-likeness (QED) is 0.793. The Labute approximate surface area is 111 Å². The molecule has 0 radical (unpaired) electrons. The Morgan fingerprint density at radius 1 is 1.39 bits per heavy atom. The zero-order valence-corrected chi connectivity index (χ0v) is 11.0. The molecule has 2 atom stereocenters. The fourth-order valence-electron chi connectivity index (χ4n) is 3.07. The van der Waals surface area contributed by atoms with E-state index in [4.69, 9.17) is 11.6 Å². The molecule has 0 aliphatic carbocycles. The highest BCUT2D eigenvalue weighted by atomic mass is 35.5. The maximum atomic E-state index is 13.4. The summed E-state index contributed by atoms with van der Waals surface area (Å²) in [5.74, 6) is 1.07. The Hall–Kier alpha value is -0.870. The van der Waals surface area contributed by atoms with Crippen molar-refractivity contribution < 1.29 is 4.39 Å². The highest BCUT2D eigenvalue weighted by molar-refractivity contribution is 6.29. The molecule has 2 aliphatic heterocycles.